The molecule has 0 unspecified atom stereocenters. The SMILES string of the molecule is CCNC(=O)N1C[C@H](c2cccc(C(F)(F)F)c2)[C@H](C(=O)NCc2ccccc2)C1. The Bertz CT molecular complexity index is 887. The molecule has 1 saturated heterocycles. The van der Waals surface area contributed by atoms with Gasteiger partial charge >= 0.3 is 12.2 Å². The summed E-state index contributed by atoms with van der Waals surface area (Å²) in [5.74, 6) is -1.45. The first-order valence-corrected chi connectivity index (χ1v) is 9.81. The molecule has 0 saturated carbocycles. The number of likely N-dealkylation sites (tertiary alicyclic amines) is 1. The minimum absolute atomic E-state index is 0.146. The highest BCUT2D eigenvalue weighted by molar-refractivity contribution is 5.83. The van der Waals surface area contributed by atoms with E-state index in [2.05, 4.69) is 10.6 Å². The molecule has 8 heteroatoms. The molecule has 3 amide bonds. The quantitative estimate of drug-likeness (QED) is 0.775. The van der Waals surface area contributed by atoms with Crippen molar-refractivity contribution in [2.75, 3.05) is 19.6 Å². The molecule has 1 aliphatic heterocycles. The zero-order chi connectivity index (χ0) is 21.7. The van der Waals surface area contributed by atoms with Gasteiger partial charge in [0.15, 0.2) is 0 Å². The van der Waals surface area contributed by atoms with Gasteiger partial charge in [-0.15, -0.1) is 0 Å². The zero-order valence-corrected chi connectivity index (χ0v) is 16.6. The van der Waals surface area contributed by atoms with Gasteiger partial charge in [0.2, 0.25) is 5.91 Å². The van der Waals surface area contributed by atoms with Gasteiger partial charge in [0.05, 0.1) is 11.5 Å². The molecule has 0 bridgehead atoms. The van der Waals surface area contributed by atoms with E-state index in [1.807, 2.05) is 30.3 Å². The van der Waals surface area contributed by atoms with E-state index in [-0.39, 0.29) is 25.0 Å². The Morgan fingerprint density at radius 2 is 1.77 bits per heavy atom. The lowest BCUT2D eigenvalue weighted by molar-refractivity contribution is -0.137. The number of nitrogens with one attached hydrogen (secondary N) is 2. The van der Waals surface area contributed by atoms with E-state index in [9.17, 15) is 22.8 Å². The molecule has 0 aromatic heterocycles. The van der Waals surface area contributed by atoms with Crippen LogP contribution in [0.15, 0.2) is 54.6 Å². The molecule has 5 nitrogen and oxygen atoms in total. The Kier molecular flexibility index (Phi) is 6.64. The number of hydrogen-bond donors (Lipinski definition) is 2. The maximum Gasteiger partial charge on any atom is 0.416 e. The summed E-state index contributed by atoms with van der Waals surface area (Å²) in [5, 5.41) is 5.55. The van der Waals surface area contributed by atoms with Crippen molar-refractivity contribution in [1.82, 2.24) is 15.5 Å². The average molecular weight is 419 g/mol. The van der Waals surface area contributed by atoms with Crippen molar-refractivity contribution in [3.63, 3.8) is 0 Å². The lowest BCUT2D eigenvalue weighted by Gasteiger charge is -2.19. The summed E-state index contributed by atoms with van der Waals surface area (Å²) in [6, 6.07) is 14.0. The van der Waals surface area contributed by atoms with Gasteiger partial charge in [-0.3, -0.25) is 4.79 Å². The molecule has 2 N–H and O–H groups in total. The van der Waals surface area contributed by atoms with E-state index in [1.165, 1.54) is 11.0 Å². The Morgan fingerprint density at radius 1 is 1.03 bits per heavy atom. The van der Waals surface area contributed by atoms with Crippen LogP contribution in [0, 0.1) is 5.92 Å². The highest BCUT2D eigenvalue weighted by Gasteiger charge is 2.41. The first kappa shape index (κ1) is 21.7. The van der Waals surface area contributed by atoms with Gasteiger partial charge in [0.1, 0.15) is 0 Å². The first-order valence-electron chi connectivity index (χ1n) is 9.81. The minimum Gasteiger partial charge on any atom is -0.352 e. The van der Waals surface area contributed by atoms with E-state index in [0.29, 0.717) is 18.7 Å². The van der Waals surface area contributed by atoms with Crippen LogP contribution >= 0.6 is 0 Å². The predicted molar refractivity (Wildman–Crippen MR) is 107 cm³/mol. The highest BCUT2D eigenvalue weighted by atomic mass is 19.4. The van der Waals surface area contributed by atoms with Gasteiger partial charge in [-0.1, -0.05) is 48.5 Å². The highest BCUT2D eigenvalue weighted by Crippen LogP contribution is 2.36. The van der Waals surface area contributed by atoms with Crippen molar-refractivity contribution in [3.05, 3.63) is 71.3 Å². The summed E-state index contributed by atoms with van der Waals surface area (Å²) in [4.78, 5) is 26.7. The van der Waals surface area contributed by atoms with Crippen LogP contribution < -0.4 is 10.6 Å². The standard InChI is InChI=1S/C22H24F3N3O2/c1-2-26-21(30)28-13-18(16-9-6-10-17(11-16)22(23,24)25)19(14-28)20(29)27-12-15-7-4-3-5-8-15/h3-11,18-19H,2,12-14H2,1H3,(H,26,30)(H,27,29)/t18-,19-/m1/s1. The maximum absolute atomic E-state index is 13.2. The monoisotopic (exact) mass is 419 g/mol. The van der Waals surface area contributed by atoms with Crippen LogP contribution in [0.3, 0.4) is 0 Å². The van der Waals surface area contributed by atoms with E-state index < -0.39 is 23.6 Å². The van der Waals surface area contributed by atoms with Crippen molar-refractivity contribution < 1.29 is 22.8 Å². The fourth-order valence-corrected chi connectivity index (χ4v) is 3.70. The number of carbonyl (C=O) groups is 2. The van der Waals surface area contributed by atoms with Gasteiger partial charge in [0.25, 0.3) is 0 Å². The summed E-state index contributed by atoms with van der Waals surface area (Å²) in [7, 11) is 0. The first-order chi connectivity index (χ1) is 14.3. The maximum atomic E-state index is 13.2. The lowest BCUT2D eigenvalue weighted by Crippen LogP contribution is -2.39. The lowest BCUT2D eigenvalue weighted by atomic mass is 9.87. The fourth-order valence-electron chi connectivity index (χ4n) is 3.70. The second kappa shape index (κ2) is 9.19. The molecule has 2 aromatic rings. The van der Waals surface area contributed by atoms with Crippen LogP contribution in [0.5, 0.6) is 0 Å². The van der Waals surface area contributed by atoms with E-state index in [0.717, 1.165) is 17.7 Å². The minimum atomic E-state index is -4.47. The van der Waals surface area contributed by atoms with Crippen molar-refractivity contribution >= 4 is 11.9 Å². The predicted octanol–water partition coefficient (Wildman–Crippen LogP) is 3.77. The van der Waals surface area contributed by atoms with E-state index in [1.54, 1.807) is 13.0 Å². The fraction of sp³-hybridized carbons (Fsp3) is 0.364. The average Bonchev–Trinajstić information content (AvgIpc) is 3.18. The van der Waals surface area contributed by atoms with Gasteiger partial charge in [-0.25, -0.2) is 4.79 Å². The Labute approximate surface area is 173 Å². The van der Waals surface area contributed by atoms with Crippen molar-refractivity contribution in [2.45, 2.75) is 25.6 Å². The van der Waals surface area contributed by atoms with Crippen LogP contribution in [0.4, 0.5) is 18.0 Å². The normalized spacial score (nSPS) is 18.9. The number of halogens is 3. The molecule has 30 heavy (non-hydrogen) atoms. The van der Waals surface area contributed by atoms with Crippen LogP contribution in [0.1, 0.15) is 29.5 Å². The van der Waals surface area contributed by atoms with E-state index in [4.69, 9.17) is 0 Å². The molecular weight excluding hydrogens is 395 g/mol. The number of urea groups is 1. The Morgan fingerprint density at radius 3 is 2.43 bits per heavy atom. The molecule has 160 valence electrons. The number of rotatable bonds is 5. The molecule has 1 aliphatic rings. The number of carbonyl (C=O) groups excluding carboxylic acids is 2. The summed E-state index contributed by atoms with van der Waals surface area (Å²) in [6.45, 7) is 2.84. The Balaban J connectivity index is 1.82. The molecule has 1 heterocycles. The third kappa shape index (κ3) is 5.11. The van der Waals surface area contributed by atoms with Crippen LogP contribution in [-0.2, 0) is 17.5 Å². The summed E-state index contributed by atoms with van der Waals surface area (Å²) >= 11 is 0. The molecule has 1 fully saturated rings. The van der Waals surface area contributed by atoms with E-state index >= 15 is 0 Å². The smallest absolute Gasteiger partial charge is 0.352 e. The van der Waals surface area contributed by atoms with Crippen LogP contribution in [0.25, 0.3) is 0 Å². The number of hydrogen-bond acceptors (Lipinski definition) is 2. The van der Waals surface area contributed by atoms with Crippen LogP contribution in [-0.4, -0.2) is 36.5 Å². The largest absolute Gasteiger partial charge is 0.416 e. The number of amides is 3. The molecule has 0 aliphatic carbocycles. The molecule has 0 radical (unpaired) electrons. The third-order valence-electron chi connectivity index (χ3n) is 5.22. The number of alkyl halides is 3. The van der Waals surface area contributed by atoms with Crippen molar-refractivity contribution in [3.8, 4) is 0 Å². The van der Waals surface area contributed by atoms with Crippen molar-refractivity contribution in [2.24, 2.45) is 5.92 Å². The second-order valence-electron chi connectivity index (χ2n) is 7.28. The van der Waals surface area contributed by atoms with Gasteiger partial charge in [-0.05, 0) is 24.1 Å². The van der Waals surface area contributed by atoms with Crippen LogP contribution in [0.2, 0.25) is 0 Å². The summed E-state index contributed by atoms with van der Waals surface area (Å²) in [6.07, 6.45) is -4.47. The zero-order valence-electron chi connectivity index (χ0n) is 16.6. The molecule has 2 aromatic carbocycles. The summed E-state index contributed by atoms with van der Waals surface area (Å²) < 4.78 is 39.5. The number of nitrogens with zero attached hydrogens (tertiary/aromatic N) is 1. The third-order valence-corrected chi connectivity index (χ3v) is 5.22. The molecule has 3 rings (SSSR count). The number of benzene rings is 2. The topological polar surface area (TPSA) is 61.4 Å². The second-order valence-corrected chi connectivity index (χ2v) is 7.28. The van der Waals surface area contributed by atoms with Gasteiger partial charge in [-0.2, -0.15) is 13.2 Å². The Hall–Kier alpha value is -3.03. The molecule has 0 spiro atoms. The molecule has 2 atom stereocenters. The molecular formula is C22H24F3N3O2. The van der Waals surface area contributed by atoms with Crippen molar-refractivity contribution in [1.29, 1.82) is 0 Å². The van der Waals surface area contributed by atoms with Gasteiger partial charge in [0, 0.05) is 32.1 Å². The van der Waals surface area contributed by atoms with Gasteiger partial charge < -0.3 is 15.5 Å². The summed E-state index contributed by atoms with van der Waals surface area (Å²) in [5.41, 5.74) is 0.552.